The molecule has 3 rings (SSSR count). The number of benzene rings is 2. The monoisotopic (exact) mass is 474 g/mol. The molecule has 0 fully saturated rings. The van der Waals surface area contributed by atoms with Gasteiger partial charge < -0.3 is 5.32 Å². The van der Waals surface area contributed by atoms with Crippen molar-refractivity contribution < 1.29 is 26.4 Å². The van der Waals surface area contributed by atoms with Crippen LogP contribution >= 0.6 is 22.9 Å². The Morgan fingerprint density at radius 2 is 1.77 bits per heavy atom. The topological polar surface area (TPSA) is 66.5 Å². The number of carbonyl (C=O) groups is 1. The van der Waals surface area contributed by atoms with E-state index in [0.29, 0.717) is 5.69 Å². The smallest absolute Gasteiger partial charge is 0.322 e. The van der Waals surface area contributed by atoms with Crippen LogP contribution < -0.4 is 9.62 Å². The first-order chi connectivity index (χ1) is 14.0. The Hall–Kier alpha value is -2.56. The van der Waals surface area contributed by atoms with Crippen molar-refractivity contribution in [1.29, 1.82) is 0 Å². The van der Waals surface area contributed by atoms with E-state index >= 15 is 0 Å². The normalized spacial score (nSPS) is 11.9. The summed E-state index contributed by atoms with van der Waals surface area (Å²) in [6, 6.07) is 11.8. The van der Waals surface area contributed by atoms with Crippen molar-refractivity contribution in [2.45, 2.75) is 10.4 Å². The number of carbonyl (C=O) groups excluding carboxylic acids is 1. The van der Waals surface area contributed by atoms with Gasteiger partial charge in [0.05, 0.1) is 16.3 Å². The third kappa shape index (κ3) is 4.61. The minimum Gasteiger partial charge on any atom is -0.322 e. The minimum atomic E-state index is -4.65. The van der Waals surface area contributed by atoms with E-state index < -0.39 is 32.7 Å². The van der Waals surface area contributed by atoms with E-state index in [1.807, 2.05) is 0 Å². The molecular weight excluding hydrogens is 461 g/mol. The van der Waals surface area contributed by atoms with Crippen LogP contribution in [0, 0.1) is 0 Å². The quantitative estimate of drug-likeness (QED) is 0.531. The molecular formula is C19H14ClF3N2O3S2. The van der Waals surface area contributed by atoms with Crippen LogP contribution in [-0.2, 0) is 16.2 Å². The molecule has 0 saturated heterocycles. The Morgan fingerprint density at radius 3 is 2.33 bits per heavy atom. The molecule has 0 spiro atoms. The summed E-state index contributed by atoms with van der Waals surface area (Å²) in [5, 5.41) is 3.55. The summed E-state index contributed by atoms with van der Waals surface area (Å²) in [5.41, 5.74) is -0.661. The molecule has 2 aromatic carbocycles. The van der Waals surface area contributed by atoms with E-state index in [9.17, 15) is 26.4 Å². The molecule has 0 unspecified atom stereocenters. The number of nitrogens with one attached hydrogen (secondary N) is 1. The van der Waals surface area contributed by atoms with Gasteiger partial charge in [-0.05, 0) is 53.9 Å². The second-order valence-electron chi connectivity index (χ2n) is 6.10. The van der Waals surface area contributed by atoms with Crippen LogP contribution in [-0.4, -0.2) is 21.4 Å². The zero-order valence-electron chi connectivity index (χ0n) is 15.3. The van der Waals surface area contributed by atoms with Crippen LogP contribution in [0.2, 0.25) is 5.02 Å². The van der Waals surface area contributed by atoms with Gasteiger partial charge in [-0.15, -0.1) is 11.3 Å². The van der Waals surface area contributed by atoms with Crippen molar-refractivity contribution in [3.63, 3.8) is 0 Å². The summed E-state index contributed by atoms with van der Waals surface area (Å²) < 4.78 is 65.2. The summed E-state index contributed by atoms with van der Waals surface area (Å²) in [6.07, 6.45) is -4.65. The highest BCUT2D eigenvalue weighted by molar-refractivity contribution is 7.94. The summed E-state index contributed by atoms with van der Waals surface area (Å²) >= 11 is 6.65. The first-order valence-corrected chi connectivity index (χ1v) is 11.0. The van der Waals surface area contributed by atoms with Crippen LogP contribution in [0.15, 0.2) is 64.2 Å². The zero-order chi connectivity index (χ0) is 22.1. The lowest BCUT2D eigenvalue weighted by molar-refractivity contribution is -0.137. The van der Waals surface area contributed by atoms with Crippen LogP contribution in [0.25, 0.3) is 0 Å². The van der Waals surface area contributed by atoms with Crippen molar-refractivity contribution in [2.75, 3.05) is 16.7 Å². The fraction of sp³-hybridized carbons (Fsp3) is 0.105. The molecule has 158 valence electrons. The van der Waals surface area contributed by atoms with E-state index in [2.05, 4.69) is 5.32 Å². The molecule has 0 aliphatic heterocycles. The highest BCUT2D eigenvalue weighted by atomic mass is 35.5. The second-order valence-corrected chi connectivity index (χ2v) is 9.65. The Labute approximate surface area is 179 Å². The number of hydrogen-bond acceptors (Lipinski definition) is 4. The Kier molecular flexibility index (Phi) is 6.11. The Bertz CT molecular complexity index is 1160. The van der Waals surface area contributed by atoms with Gasteiger partial charge in [0.1, 0.15) is 4.21 Å². The van der Waals surface area contributed by atoms with Gasteiger partial charge in [0, 0.05) is 18.3 Å². The second kappa shape index (κ2) is 8.29. The molecule has 1 N–H and O–H groups in total. The average Bonchev–Trinajstić information content (AvgIpc) is 3.24. The van der Waals surface area contributed by atoms with Gasteiger partial charge in [-0.1, -0.05) is 17.7 Å². The van der Waals surface area contributed by atoms with Crippen LogP contribution in [0.3, 0.4) is 0 Å². The highest BCUT2D eigenvalue weighted by Gasteiger charge is 2.33. The van der Waals surface area contributed by atoms with E-state index in [1.165, 1.54) is 43.4 Å². The Morgan fingerprint density at radius 1 is 1.10 bits per heavy atom. The maximum absolute atomic E-state index is 13.0. The number of alkyl halides is 3. The number of thiophene rings is 1. The van der Waals surface area contributed by atoms with E-state index in [1.54, 1.807) is 11.4 Å². The number of sulfonamides is 1. The lowest BCUT2D eigenvalue weighted by Crippen LogP contribution is -2.25. The summed E-state index contributed by atoms with van der Waals surface area (Å²) in [6.45, 7) is 0. The van der Waals surface area contributed by atoms with Crippen molar-refractivity contribution >= 4 is 50.2 Å². The van der Waals surface area contributed by atoms with Crippen LogP contribution in [0.5, 0.6) is 0 Å². The van der Waals surface area contributed by atoms with Gasteiger partial charge in [-0.2, -0.15) is 13.2 Å². The molecule has 0 radical (unpaired) electrons. The van der Waals surface area contributed by atoms with Crippen LogP contribution in [0.4, 0.5) is 24.5 Å². The number of hydrogen-bond donors (Lipinski definition) is 1. The van der Waals surface area contributed by atoms with Gasteiger partial charge >= 0.3 is 6.18 Å². The van der Waals surface area contributed by atoms with Gasteiger partial charge in [0.2, 0.25) is 0 Å². The van der Waals surface area contributed by atoms with Gasteiger partial charge in [0.15, 0.2) is 0 Å². The molecule has 30 heavy (non-hydrogen) atoms. The zero-order valence-corrected chi connectivity index (χ0v) is 17.7. The number of anilines is 2. The summed E-state index contributed by atoms with van der Waals surface area (Å²) in [5.74, 6) is -0.652. The molecule has 0 atom stereocenters. The molecule has 0 aliphatic rings. The lowest BCUT2D eigenvalue weighted by Gasteiger charge is -2.18. The van der Waals surface area contributed by atoms with Crippen molar-refractivity contribution in [3.05, 3.63) is 76.1 Å². The maximum Gasteiger partial charge on any atom is 0.417 e. The molecule has 1 aromatic heterocycles. The van der Waals surface area contributed by atoms with Gasteiger partial charge in [-0.25, -0.2) is 8.42 Å². The minimum absolute atomic E-state index is 0.0711. The van der Waals surface area contributed by atoms with E-state index in [-0.39, 0.29) is 15.5 Å². The van der Waals surface area contributed by atoms with E-state index in [4.69, 9.17) is 11.6 Å². The summed E-state index contributed by atoms with van der Waals surface area (Å²) in [7, 11) is -2.34. The average molecular weight is 475 g/mol. The van der Waals surface area contributed by atoms with Crippen LogP contribution in [0.1, 0.15) is 15.9 Å². The van der Waals surface area contributed by atoms with Crippen molar-refractivity contribution in [1.82, 2.24) is 0 Å². The predicted octanol–water partition coefficient (Wildman–Crippen LogP) is 5.50. The highest BCUT2D eigenvalue weighted by Crippen LogP contribution is 2.36. The lowest BCUT2D eigenvalue weighted by atomic mass is 10.1. The summed E-state index contributed by atoms with van der Waals surface area (Å²) in [4.78, 5) is 12.4. The molecule has 3 aromatic rings. The number of rotatable bonds is 5. The molecule has 0 saturated carbocycles. The molecule has 0 bridgehead atoms. The Balaban J connectivity index is 1.78. The first-order valence-electron chi connectivity index (χ1n) is 8.31. The van der Waals surface area contributed by atoms with E-state index in [0.717, 1.165) is 27.8 Å². The molecule has 1 heterocycles. The first kappa shape index (κ1) is 22.1. The fourth-order valence-electron chi connectivity index (χ4n) is 2.53. The molecule has 1 amide bonds. The third-order valence-corrected chi connectivity index (χ3v) is 7.62. The fourth-order valence-corrected chi connectivity index (χ4v) is 5.11. The van der Waals surface area contributed by atoms with Gasteiger partial charge in [0.25, 0.3) is 15.9 Å². The largest absolute Gasteiger partial charge is 0.417 e. The number of amides is 1. The SMILES string of the molecule is CN(c1ccc(C(=O)Nc2ccc(Cl)c(C(F)(F)F)c2)cc1)S(=O)(=O)c1cccs1. The van der Waals surface area contributed by atoms with Crippen molar-refractivity contribution in [2.24, 2.45) is 0 Å². The maximum atomic E-state index is 13.0. The number of nitrogens with zero attached hydrogens (tertiary/aromatic N) is 1. The number of halogens is 4. The predicted molar refractivity (Wildman–Crippen MR) is 111 cm³/mol. The standard InChI is InChI=1S/C19H14ClF3N2O3S2/c1-25(30(27,28)17-3-2-10-29-17)14-7-4-12(5-8-14)18(26)24-13-6-9-16(20)15(11-13)19(21,22)23/h2-11H,1H3,(H,24,26). The molecule has 5 nitrogen and oxygen atoms in total. The van der Waals surface area contributed by atoms with Crippen molar-refractivity contribution in [3.8, 4) is 0 Å². The third-order valence-electron chi connectivity index (χ3n) is 4.13. The molecule has 0 aliphatic carbocycles. The van der Waals surface area contributed by atoms with Gasteiger partial charge in [-0.3, -0.25) is 9.10 Å². The molecule has 11 heteroatoms.